The third kappa shape index (κ3) is 4.34. The molecule has 9 heteroatoms. The van der Waals surface area contributed by atoms with Crippen LogP contribution in [0.25, 0.3) is 0 Å². The fraction of sp³-hybridized carbons (Fsp3) is 0.630. The zero-order valence-electron chi connectivity index (χ0n) is 21.0. The van der Waals surface area contributed by atoms with Crippen molar-refractivity contribution in [2.45, 2.75) is 76.2 Å². The SMILES string of the molecule is CC1=C(C(=O)N2Cc3cc(C(F)(F)F)ccc3C(C)(C)C2)C2(CCN(C3CCOCC3)CC2)OC1=O. The lowest BCUT2D eigenvalue weighted by Crippen LogP contribution is -2.53. The van der Waals surface area contributed by atoms with E-state index in [1.807, 2.05) is 13.8 Å². The van der Waals surface area contributed by atoms with E-state index in [0.29, 0.717) is 55.2 Å². The molecule has 196 valence electrons. The third-order valence-corrected chi connectivity index (χ3v) is 8.35. The standard InChI is InChI=1S/C27H33F3N2O4/c1-17-22(26(36-24(17)34)8-10-31(11-9-26)20-6-12-35-13-7-20)23(33)32-15-18-14-19(27(28,29)30)4-5-21(18)25(2,3)16-32/h4-5,14,20H,6-13,15-16H2,1-3H3. The van der Waals surface area contributed by atoms with Crippen LogP contribution in [0.4, 0.5) is 13.2 Å². The molecule has 0 aromatic heterocycles. The van der Waals surface area contributed by atoms with E-state index in [4.69, 9.17) is 9.47 Å². The Balaban J connectivity index is 1.40. The van der Waals surface area contributed by atoms with Crippen LogP contribution in [0.5, 0.6) is 0 Å². The van der Waals surface area contributed by atoms with Gasteiger partial charge >= 0.3 is 12.1 Å². The minimum atomic E-state index is -4.46. The van der Waals surface area contributed by atoms with Crippen LogP contribution >= 0.6 is 0 Å². The van der Waals surface area contributed by atoms with Gasteiger partial charge < -0.3 is 14.4 Å². The van der Waals surface area contributed by atoms with Crippen molar-refractivity contribution in [1.29, 1.82) is 0 Å². The van der Waals surface area contributed by atoms with E-state index in [9.17, 15) is 22.8 Å². The summed E-state index contributed by atoms with van der Waals surface area (Å²) in [6.07, 6.45) is -1.47. The molecule has 2 fully saturated rings. The molecule has 4 aliphatic heterocycles. The first-order chi connectivity index (χ1) is 16.9. The first-order valence-electron chi connectivity index (χ1n) is 12.7. The highest BCUT2D eigenvalue weighted by Gasteiger charge is 2.53. The van der Waals surface area contributed by atoms with Crippen LogP contribution in [0.1, 0.15) is 63.1 Å². The van der Waals surface area contributed by atoms with Crippen LogP contribution in [0.15, 0.2) is 29.3 Å². The predicted octanol–water partition coefficient (Wildman–Crippen LogP) is 4.21. The summed E-state index contributed by atoms with van der Waals surface area (Å²) in [6, 6.07) is 4.21. The van der Waals surface area contributed by atoms with Gasteiger partial charge in [0, 0.05) is 69.3 Å². The number of ether oxygens (including phenoxy) is 2. The predicted molar refractivity (Wildman–Crippen MR) is 126 cm³/mol. The zero-order valence-corrected chi connectivity index (χ0v) is 21.0. The fourth-order valence-corrected chi connectivity index (χ4v) is 6.44. The molecule has 0 N–H and O–H groups in total. The zero-order chi connectivity index (χ0) is 25.9. The van der Waals surface area contributed by atoms with Crippen molar-refractivity contribution in [2.75, 3.05) is 32.8 Å². The molecule has 36 heavy (non-hydrogen) atoms. The highest BCUT2D eigenvalue weighted by molar-refractivity contribution is 6.07. The average Bonchev–Trinajstić information content (AvgIpc) is 3.07. The van der Waals surface area contributed by atoms with E-state index >= 15 is 0 Å². The summed E-state index contributed by atoms with van der Waals surface area (Å²) in [5.41, 5.74) is -0.247. The number of benzene rings is 1. The lowest BCUT2D eigenvalue weighted by Gasteiger charge is -2.45. The maximum Gasteiger partial charge on any atom is 0.416 e. The second-order valence-corrected chi connectivity index (χ2v) is 11.2. The number of fused-ring (bicyclic) bond motifs is 1. The highest BCUT2D eigenvalue weighted by atomic mass is 19.4. The molecule has 2 saturated heterocycles. The summed E-state index contributed by atoms with van der Waals surface area (Å²) in [7, 11) is 0. The number of carbonyl (C=O) groups is 2. The molecule has 1 spiro atoms. The van der Waals surface area contributed by atoms with Gasteiger partial charge in [-0.2, -0.15) is 13.2 Å². The minimum absolute atomic E-state index is 0.0662. The Morgan fingerprint density at radius 3 is 2.42 bits per heavy atom. The Morgan fingerprint density at radius 1 is 1.11 bits per heavy atom. The van der Waals surface area contributed by atoms with Gasteiger partial charge in [0.25, 0.3) is 5.91 Å². The minimum Gasteiger partial charge on any atom is -0.450 e. The molecule has 0 radical (unpaired) electrons. The van der Waals surface area contributed by atoms with Crippen LogP contribution in [-0.4, -0.2) is 66.2 Å². The molecule has 1 amide bonds. The van der Waals surface area contributed by atoms with Crippen molar-refractivity contribution < 1.29 is 32.2 Å². The van der Waals surface area contributed by atoms with Crippen molar-refractivity contribution in [1.82, 2.24) is 9.80 Å². The van der Waals surface area contributed by atoms with E-state index in [1.165, 1.54) is 6.07 Å². The lowest BCUT2D eigenvalue weighted by atomic mass is 9.76. The number of nitrogens with zero attached hydrogens (tertiary/aromatic N) is 2. The topological polar surface area (TPSA) is 59.1 Å². The number of hydrogen-bond acceptors (Lipinski definition) is 5. The van der Waals surface area contributed by atoms with Gasteiger partial charge in [0.1, 0.15) is 5.60 Å². The van der Waals surface area contributed by atoms with Gasteiger partial charge in [0.2, 0.25) is 0 Å². The monoisotopic (exact) mass is 506 g/mol. The third-order valence-electron chi connectivity index (χ3n) is 8.35. The van der Waals surface area contributed by atoms with Crippen molar-refractivity contribution >= 4 is 11.9 Å². The van der Waals surface area contributed by atoms with Crippen molar-refractivity contribution in [2.24, 2.45) is 0 Å². The second kappa shape index (κ2) is 8.87. The first-order valence-corrected chi connectivity index (χ1v) is 12.7. The van der Waals surface area contributed by atoms with E-state index in [1.54, 1.807) is 11.8 Å². The number of amides is 1. The Labute approximate surface area is 209 Å². The molecule has 0 bridgehead atoms. The molecule has 5 rings (SSSR count). The molecule has 6 nitrogen and oxygen atoms in total. The highest BCUT2D eigenvalue weighted by Crippen LogP contribution is 2.44. The van der Waals surface area contributed by atoms with E-state index in [-0.39, 0.29) is 12.5 Å². The van der Waals surface area contributed by atoms with Gasteiger partial charge in [-0.15, -0.1) is 0 Å². The summed E-state index contributed by atoms with van der Waals surface area (Å²) >= 11 is 0. The summed E-state index contributed by atoms with van der Waals surface area (Å²) in [5, 5.41) is 0. The van der Waals surface area contributed by atoms with Crippen LogP contribution in [0, 0.1) is 0 Å². The summed E-state index contributed by atoms with van der Waals surface area (Å²) in [4.78, 5) is 30.7. The maximum atomic E-state index is 14.0. The van der Waals surface area contributed by atoms with Gasteiger partial charge in [0.15, 0.2) is 0 Å². The van der Waals surface area contributed by atoms with Gasteiger partial charge in [0.05, 0.1) is 11.1 Å². The number of alkyl halides is 3. The quantitative estimate of drug-likeness (QED) is 0.563. The molecule has 0 aliphatic carbocycles. The Morgan fingerprint density at radius 2 is 1.78 bits per heavy atom. The molecular formula is C27H33F3N2O4. The first kappa shape index (κ1) is 25.3. The molecule has 4 heterocycles. The summed E-state index contributed by atoms with van der Waals surface area (Å²) < 4.78 is 51.6. The number of hydrogen-bond donors (Lipinski definition) is 0. The van der Waals surface area contributed by atoms with Gasteiger partial charge in [-0.25, -0.2) is 4.79 Å². The fourth-order valence-electron chi connectivity index (χ4n) is 6.44. The maximum absolute atomic E-state index is 14.0. The molecule has 1 aromatic carbocycles. The summed E-state index contributed by atoms with van der Waals surface area (Å²) in [5.74, 6) is -0.789. The number of halogens is 3. The number of likely N-dealkylation sites (tertiary alicyclic amines) is 1. The number of esters is 1. The molecular weight excluding hydrogens is 473 g/mol. The number of piperidine rings is 1. The van der Waals surface area contributed by atoms with Crippen molar-refractivity contribution in [3.8, 4) is 0 Å². The molecule has 4 aliphatic rings. The van der Waals surface area contributed by atoms with Crippen LogP contribution in [0.3, 0.4) is 0 Å². The average molecular weight is 507 g/mol. The van der Waals surface area contributed by atoms with Crippen LogP contribution < -0.4 is 0 Å². The smallest absolute Gasteiger partial charge is 0.416 e. The van der Waals surface area contributed by atoms with E-state index < -0.39 is 28.7 Å². The number of carbonyl (C=O) groups excluding carboxylic acids is 2. The lowest BCUT2D eigenvalue weighted by molar-refractivity contribution is -0.152. The summed E-state index contributed by atoms with van der Waals surface area (Å²) in [6.45, 7) is 8.81. The van der Waals surface area contributed by atoms with Gasteiger partial charge in [-0.05, 0) is 43.0 Å². The largest absolute Gasteiger partial charge is 0.450 e. The van der Waals surface area contributed by atoms with Crippen LogP contribution in [0.2, 0.25) is 0 Å². The molecule has 0 unspecified atom stereocenters. The second-order valence-electron chi connectivity index (χ2n) is 11.2. The van der Waals surface area contributed by atoms with Gasteiger partial charge in [-0.3, -0.25) is 9.69 Å². The normalized spacial score (nSPS) is 24.7. The van der Waals surface area contributed by atoms with Crippen LogP contribution in [-0.2, 0) is 37.2 Å². The van der Waals surface area contributed by atoms with Gasteiger partial charge in [-0.1, -0.05) is 19.9 Å². The molecule has 0 atom stereocenters. The van der Waals surface area contributed by atoms with Crippen molar-refractivity contribution in [3.63, 3.8) is 0 Å². The van der Waals surface area contributed by atoms with E-state index in [0.717, 1.165) is 43.8 Å². The van der Waals surface area contributed by atoms with E-state index in [2.05, 4.69) is 4.90 Å². The molecule has 0 saturated carbocycles. The Bertz CT molecular complexity index is 1100. The number of rotatable bonds is 2. The molecule has 1 aromatic rings. The Hall–Kier alpha value is -2.39. The van der Waals surface area contributed by atoms with Crippen molar-refractivity contribution in [3.05, 3.63) is 46.0 Å². The Kier molecular flexibility index (Phi) is 6.23.